The molecule has 8 nitrogen and oxygen atoms in total. The molecule has 2 aromatic carbocycles. The zero-order chi connectivity index (χ0) is 63.2. The van der Waals surface area contributed by atoms with Crippen molar-refractivity contribution in [1.82, 2.24) is 39.9 Å². The van der Waals surface area contributed by atoms with Crippen molar-refractivity contribution in [3.63, 3.8) is 0 Å². The molecule has 10 heteroatoms. The molecule has 0 aliphatic carbocycles. The summed E-state index contributed by atoms with van der Waals surface area (Å²) >= 11 is 0. The second-order valence-corrected chi connectivity index (χ2v) is 25.5. The van der Waals surface area contributed by atoms with Gasteiger partial charge in [0.05, 0.1) is 45.6 Å². The SMILES string of the molecule is CCCCCc1c2nc(c(CCCCC)c3ccc([n-]3)c(-c3ccc(C#Cc4ccc(-c5c6nc(c(CCCCC)c7ccc([n-]7)c(CCCCC)c7nc(c(CCCCC)c8ccc5[n-]8)C=C7)C=C6)cc4)cc3)c3nc(c(CCCCC)c4ccc1[n-]4)C=C3)C=C2.[Zn+2].[Zn+2]. The first kappa shape index (κ1) is 69.3. The quantitative estimate of drug-likeness (QED) is 0.0300. The molecule has 0 saturated heterocycles. The summed E-state index contributed by atoms with van der Waals surface area (Å²) in [4.78, 5) is 43.8. The van der Waals surface area contributed by atoms with Crippen molar-refractivity contribution >= 4 is 92.7 Å². The number of benzene rings is 2. The van der Waals surface area contributed by atoms with Gasteiger partial charge >= 0.3 is 39.0 Å². The van der Waals surface area contributed by atoms with Crippen LogP contribution in [0.1, 0.15) is 247 Å². The summed E-state index contributed by atoms with van der Waals surface area (Å²) in [7, 11) is 0. The molecule has 0 radical (unpaired) electrons. The number of hydrogen-bond donors (Lipinski definition) is 0. The Labute approximate surface area is 584 Å². The van der Waals surface area contributed by atoms with Gasteiger partial charge in [0.25, 0.3) is 0 Å². The summed E-state index contributed by atoms with van der Waals surface area (Å²) in [6.45, 7) is 13.6. The van der Waals surface area contributed by atoms with Crippen molar-refractivity contribution in [3.8, 4) is 34.1 Å². The largest absolute Gasteiger partial charge is 2.00 e. The Morgan fingerprint density at radius 1 is 0.245 bits per heavy atom. The van der Waals surface area contributed by atoms with E-state index in [0.29, 0.717) is 0 Å². The van der Waals surface area contributed by atoms with Crippen molar-refractivity contribution in [2.24, 2.45) is 0 Å². The third-order valence-electron chi connectivity index (χ3n) is 18.7. The van der Waals surface area contributed by atoms with Gasteiger partial charge in [0.1, 0.15) is 0 Å². The van der Waals surface area contributed by atoms with Gasteiger partial charge in [-0.2, -0.15) is 0 Å². The number of aryl methyl sites for hydroxylation is 6. The van der Waals surface area contributed by atoms with Gasteiger partial charge in [-0.1, -0.05) is 203 Å². The normalized spacial score (nSPS) is 12.1. The molecular formula is C84H90N8Zn2. The van der Waals surface area contributed by atoms with Crippen LogP contribution in [0, 0.1) is 11.8 Å². The van der Waals surface area contributed by atoms with E-state index in [1.807, 2.05) is 0 Å². The van der Waals surface area contributed by atoms with Crippen molar-refractivity contribution < 1.29 is 39.0 Å². The molecule has 470 valence electrons. The third-order valence-corrected chi connectivity index (χ3v) is 18.7. The van der Waals surface area contributed by atoms with Crippen LogP contribution in [0.25, 0.3) is 115 Å². The number of hydrogen-bond acceptors (Lipinski definition) is 4. The summed E-state index contributed by atoms with van der Waals surface area (Å²) < 4.78 is 0. The fraction of sp³-hybridized carbons (Fsp3) is 0.357. The maximum absolute atomic E-state index is 5.51. The maximum Gasteiger partial charge on any atom is 2.00 e. The molecule has 0 unspecified atom stereocenters. The van der Waals surface area contributed by atoms with Crippen LogP contribution >= 0.6 is 0 Å². The molecule has 4 aliphatic rings. The van der Waals surface area contributed by atoms with E-state index < -0.39 is 0 Å². The topological polar surface area (TPSA) is 108 Å². The maximum atomic E-state index is 5.51. The Morgan fingerprint density at radius 2 is 0.447 bits per heavy atom. The Kier molecular flexibility index (Phi) is 24.8. The van der Waals surface area contributed by atoms with Crippen LogP contribution in [0.15, 0.2) is 97.1 Å². The molecule has 0 N–H and O–H groups in total. The van der Waals surface area contributed by atoms with Crippen molar-refractivity contribution in [3.05, 3.63) is 187 Å². The molecule has 0 amide bonds. The van der Waals surface area contributed by atoms with Crippen LogP contribution in [0.3, 0.4) is 0 Å². The zero-order valence-corrected chi connectivity index (χ0v) is 62.8. The Balaban J connectivity index is 0.00000482. The van der Waals surface area contributed by atoms with Gasteiger partial charge < -0.3 is 19.9 Å². The Morgan fingerprint density at radius 3 is 0.681 bits per heavy atom. The molecule has 0 spiro atoms. The van der Waals surface area contributed by atoms with Crippen LogP contribution in [-0.4, -0.2) is 19.9 Å². The number of rotatable bonds is 26. The molecule has 16 bridgehead atoms. The van der Waals surface area contributed by atoms with E-state index in [1.165, 1.54) is 46.2 Å². The average molecular weight is 1340 g/mol. The number of aromatic nitrogens is 8. The van der Waals surface area contributed by atoms with Gasteiger partial charge in [0.15, 0.2) is 0 Å². The number of fused-ring (bicyclic) bond motifs is 16. The van der Waals surface area contributed by atoms with Crippen molar-refractivity contribution in [2.75, 3.05) is 0 Å². The average Bonchev–Trinajstić information content (AvgIpc) is 1.63. The molecule has 0 atom stereocenters. The van der Waals surface area contributed by atoms with E-state index in [9.17, 15) is 0 Å². The van der Waals surface area contributed by atoms with E-state index >= 15 is 0 Å². The Bertz CT molecular complexity index is 4190. The van der Waals surface area contributed by atoms with Gasteiger partial charge in [0.2, 0.25) is 0 Å². The predicted octanol–water partition coefficient (Wildman–Crippen LogP) is 21.3. The van der Waals surface area contributed by atoms with Gasteiger partial charge in [-0.3, -0.25) is 0 Å². The van der Waals surface area contributed by atoms with Gasteiger partial charge in [-0.05, 0) is 206 Å². The minimum atomic E-state index is 0. The Hall–Kier alpha value is -7.55. The van der Waals surface area contributed by atoms with E-state index in [-0.39, 0.29) is 39.0 Å². The van der Waals surface area contributed by atoms with E-state index in [1.54, 1.807) is 0 Å². The number of nitrogens with zero attached hydrogens (tertiary/aromatic N) is 8. The first-order chi connectivity index (χ1) is 45.3. The van der Waals surface area contributed by atoms with Crippen LogP contribution in [-0.2, 0) is 77.5 Å². The molecular weight excluding hydrogens is 1250 g/mol. The molecule has 0 saturated carbocycles. The monoisotopic (exact) mass is 1340 g/mol. The van der Waals surface area contributed by atoms with Gasteiger partial charge in [0, 0.05) is 11.1 Å². The predicted molar refractivity (Wildman–Crippen MR) is 390 cm³/mol. The molecule has 8 aromatic rings. The van der Waals surface area contributed by atoms with E-state index in [0.717, 1.165) is 264 Å². The first-order valence-corrected chi connectivity index (χ1v) is 35.1. The summed E-state index contributed by atoms with van der Waals surface area (Å²) in [5.74, 6) is 7.05. The van der Waals surface area contributed by atoms with E-state index in [4.69, 9.17) is 39.9 Å². The molecule has 4 aliphatic heterocycles. The fourth-order valence-corrected chi connectivity index (χ4v) is 13.5. The van der Waals surface area contributed by atoms with Crippen LogP contribution < -0.4 is 19.9 Å². The second-order valence-electron chi connectivity index (χ2n) is 25.5. The standard InChI is InChI=1S/C84H90N8.2Zn/c1-7-13-19-25-61-67-41-45-71(85-67)63(27-21-15-9-3)75-49-53-79(89-75)83(80-54-50-76(90-80)64(28-22-16-10-4)72-46-42-68(61)86-72)59-37-33-57(34-38-59)31-32-58-35-39-60(40-36-58)84-81-55-51-77(91-81)65(29-23-17-11-5)73-47-43-69(87-73)62(26-20-14-8-2)70-44-48-74(88-70)66(30-24-18-12-6)78-52-56-82(84)92-78;;/h33-56H,7-30H2,1-6H3;;/q-4;2*+2. The molecule has 94 heavy (non-hydrogen) atoms. The molecule has 6 aromatic heterocycles. The van der Waals surface area contributed by atoms with E-state index in [2.05, 4.69) is 199 Å². The van der Waals surface area contributed by atoms with Crippen LogP contribution in [0.4, 0.5) is 0 Å². The van der Waals surface area contributed by atoms with Crippen molar-refractivity contribution in [2.45, 2.75) is 196 Å². The second kappa shape index (κ2) is 33.7. The molecule has 12 rings (SSSR count). The minimum Gasteiger partial charge on any atom is -0.657 e. The zero-order valence-electron chi connectivity index (χ0n) is 56.8. The smallest absolute Gasteiger partial charge is 0.657 e. The van der Waals surface area contributed by atoms with Crippen molar-refractivity contribution in [1.29, 1.82) is 0 Å². The number of unbranched alkanes of at least 4 members (excludes halogenated alkanes) is 12. The fourth-order valence-electron chi connectivity index (χ4n) is 13.5. The minimum absolute atomic E-state index is 0. The summed E-state index contributed by atoms with van der Waals surface area (Å²) in [6, 6.07) is 34.9. The molecule has 10 heterocycles. The third kappa shape index (κ3) is 16.0. The molecule has 0 fully saturated rings. The first-order valence-electron chi connectivity index (χ1n) is 35.1. The summed E-state index contributed by atoms with van der Waals surface area (Å²) in [6.07, 6.45) is 43.5. The summed E-state index contributed by atoms with van der Waals surface area (Å²) in [5.41, 5.74) is 28.8. The van der Waals surface area contributed by atoms with Gasteiger partial charge in [-0.15, -0.1) is 44.1 Å². The summed E-state index contributed by atoms with van der Waals surface area (Å²) in [5, 5.41) is 0. The van der Waals surface area contributed by atoms with Gasteiger partial charge in [-0.25, -0.2) is 19.9 Å². The van der Waals surface area contributed by atoms with Crippen LogP contribution in [0.2, 0.25) is 0 Å². The van der Waals surface area contributed by atoms with Crippen LogP contribution in [0.5, 0.6) is 0 Å².